The predicted molar refractivity (Wildman–Crippen MR) is 152 cm³/mol. The van der Waals surface area contributed by atoms with Crippen molar-refractivity contribution in [1.82, 2.24) is 4.90 Å². The van der Waals surface area contributed by atoms with Crippen LogP contribution in [0.2, 0.25) is 0 Å². The zero-order chi connectivity index (χ0) is 26.1. The highest BCUT2D eigenvalue weighted by atomic mass is 35.5. The average molecular weight is 527 g/mol. The van der Waals surface area contributed by atoms with Gasteiger partial charge in [0.2, 0.25) is 0 Å². The Morgan fingerprint density at radius 3 is 2.50 bits per heavy atom. The molecule has 2 aliphatic heterocycles. The molecule has 192 valence electrons. The molecule has 1 saturated heterocycles. The van der Waals surface area contributed by atoms with Gasteiger partial charge in [0.05, 0.1) is 17.1 Å². The quantitative estimate of drug-likeness (QED) is 0.265. The van der Waals surface area contributed by atoms with Gasteiger partial charge in [0.25, 0.3) is 5.91 Å². The molecule has 0 saturated carbocycles. The van der Waals surface area contributed by atoms with Crippen molar-refractivity contribution in [3.8, 4) is 0 Å². The Bertz CT molecular complexity index is 1090. The normalized spacial score (nSPS) is 19.0. The largest absolute Gasteiger partial charge is 0.492 e. The van der Waals surface area contributed by atoms with E-state index in [1.807, 2.05) is 56.3 Å². The Morgan fingerprint density at radius 2 is 1.92 bits per heavy atom. The number of nitrogens with one attached hydrogen (secondary N) is 1. The molecule has 3 rings (SSSR count). The molecule has 36 heavy (non-hydrogen) atoms. The van der Waals surface area contributed by atoms with Gasteiger partial charge in [-0.3, -0.25) is 4.79 Å². The van der Waals surface area contributed by atoms with Crippen LogP contribution in [-0.2, 0) is 4.74 Å². The van der Waals surface area contributed by atoms with Crippen molar-refractivity contribution >= 4 is 35.1 Å². The van der Waals surface area contributed by atoms with Crippen LogP contribution >= 0.6 is 23.5 Å². The van der Waals surface area contributed by atoms with E-state index in [1.54, 1.807) is 17.1 Å². The highest BCUT2D eigenvalue weighted by molar-refractivity contribution is 8.04. The van der Waals surface area contributed by atoms with Crippen LogP contribution in [0.25, 0.3) is 0 Å². The molecule has 0 aromatic heterocycles. The Hall–Kier alpha value is -2.67. The minimum atomic E-state index is -1.09. The third-order valence-corrected chi connectivity index (χ3v) is 7.73. The molecule has 0 aliphatic carbocycles. The SMILES string of the molecule is C=CC1=C(/C(=C\C)SNc2ccc(C(=O)N3CCC(O)(/C(C=C)=C(Cl)/C=C\C)CC3)cc2)OCCC1. The topological polar surface area (TPSA) is 61.8 Å². The van der Waals surface area contributed by atoms with Crippen molar-refractivity contribution in [1.29, 1.82) is 0 Å². The monoisotopic (exact) mass is 526 g/mol. The van der Waals surface area contributed by atoms with Crippen LogP contribution < -0.4 is 4.72 Å². The van der Waals surface area contributed by atoms with E-state index in [-0.39, 0.29) is 5.91 Å². The van der Waals surface area contributed by atoms with Gasteiger partial charge in [-0.05, 0) is 87.4 Å². The molecular formula is C29H35ClN2O3S. The molecule has 1 fully saturated rings. The molecule has 1 amide bonds. The Labute approximate surface area is 224 Å². The maximum Gasteiger partial charge on any atom is 0.253 e. The first-order chi connectivity index (χ1) is 17.4. The van der Waals surface area contributed by atoms with E-state index in [4.69, 9.17) is 16.3 Å². The summed E-state index contributed by atoms with van der Waals surface area (Å²) in [5.74, 6) is 0.833. The van der Waals surface area contributed by atoms with Gasteiger partial charge >= 0.3 is 0 Å². The van der Waals surface area contributed by atoms with E-state index in [0.717, 1.165) is 34.8 Å². The van der Waals surface area contributed by atoms with Gasteiger partial charge in [-0.1, -0.05) is 49.1 Å². The number of rotatable bonds is 9. The molecule has 0 spiro atoms. The third-order valence-electron chi connectivity index (χ3n) is 6.43. The van der Waals surface area contributed by atoms with Crippen LogP contribution in [0.15, 0.2) is 94.6 Å². The maximum absolute atomic E-state index is 13.1. The lowest BCUT2D eigenvalue weighted by molar-refractivity contribution is 0.0129. The number of amides is 1. The number of hydrogen-bond donors (Lipinski definition) is 2. The van der Waals surface area contributed by atoms with Gasteiger partial charge in [0.15, 0.2) is 0 Å². The summed E-state index contributed by atoms with van der Waals surface area (Å²) in [5, 5.41) is 11.6. The van der Waals surface area contributed by atoms with Crippen molar-refractivity contribution in [3.05, 3.63) is 100 Å². The molecule has 5 nitrogen and oxygen atoms in total. The number of aliphatic hydroxyl groups is 1. The van der Waals surface area contributed by atoms with E-state index in [9.17, 15) is 9.90 Å². The van der Waals surface area contributed by atoms with Crippen LogP contribution in [0.5, 0.6) is 0 Å². The van der Waals surface area contributed by atoms with E-state index in [1.165, 1.54) is 11.9 Å². The minimum Gasteiger partial charge on any atom is -0.492 e. The zero-order valence-electron chi connectivity index (χ0n) is 21.1. The summed E-state index contributed by atoms with van der Waals surface area (Å²) >= 11 is 7.83. The minimum absolute atomic E-state index is 0.0505. The maximum atomic E-state index is 13.1. The standard InChI is InChI=1S/C29H35ClN2O3S/c1-5-10-25(30)24(7-3)29(34)16-18-32(19-17-29)28(33)22-12-14-23(15-13-22)31-36-26(8-4)27-21(6-2)11-9-20-35-27/h5-8,10,12-15,31,34H,2-3,9,11,16-20H2,1,4H3/b10-5-,25-24-,26-8+. The molecule has 0 unspecified atom stereocenters. The number of benzene rings is 1. The van der Waals surface area contributed by atoms with E-state index in [2.05, 4.69) is 17.9 Å². The Morgan fingerprint density at radius 1 is 1.22 bits per heavy atom. The van der Waals surface area contributed by atoms with Crippen molar-refractivity contribution in [2.75, 3.05) is 24.4 Å². The molecule has 7 heteroatoms. The molecular weight excluding hydrogens is 492 g/mol. The van der Waals surface area contributed by atoms with Crippen molar-refractivity contribution in [3.63, 3.8) is 0 Å². The second kappa shape index (κ2) is 13.0. The number of piperidine rings is 1. The van der Waals surface area contributed by atoms with Crippen LogP contribution in [0.4, 0.5) is 5.69 Å². The summed E-state index contributed by atoms with van der Waals surface area (Å²) in [4.78, 5) is 15.9. The zero-order valence-corrected chi connectivity index (χ0v) is 22.6. The number of nitrogens with zero attached hydrogens (tertiary/aromatic N) is 1. The van der Waals surface area contributed by atoms with E-state index in [0.29, 0.717) is 48.7 Å². The first kappa shape index (κ1) is 27.9. The van der Waals surface area contributed by atoms with Crippen LogP contribution in [0, 0.1) is 0 Å². The fourth-order valence-corrected chi connectivity index (χ4v) is 5.52. The van der Waals surface area contributed by atoms with Crippen LogP contribution in [0.1, 0.15) is 49.9 Å². The number of carbonyl (C=O) groups is 1. The molecule has 2 heterocycles. The fraction of sp³-hybridized carbons (Fsp3) is 0.345. The number of allylic oxidation sites excluding steroid dienone is 6. The second-order valence-electron chi connectivity index (χ2n) is 8.73. The van der Waals surface area contributed by atoms with E-state index >= 15 is 0 Å². The molecule has 0 radical (unpaired) electrons. The summed E-state index contributed by atoms with van der Waals surface area (Å²) in [7, 11) is 0. The number of anilines is 1. The highest BCUT2D eigenvalue weighted by Crippen LogP contribution is 2.35. The molecule has 0 bridgehead atoms. The lowest BCUT2D eigenvalue weighted by Gasteiger charge is -2.39. The average Bonchev–Trinajstić information content (AvgIpc) is 2.90. The summed E-state index contributed by atoms with van der Waals surface area (Å²) in [6.07, 6.45) is 11.8. The number of hydrogen-bond acceptors (Lipinski definition) is 5. The smallest absolute Gasteiger partial charge is 0.253 e. The summed E-state index contributed by atoms with van der Waals surface area (Å²) in [5.41, 5.74) is 2.14. The Kier molecular flexibility index (Phi) is 10.1. The van der Waals surface area contributed by atoms with E-state index < -0.39 is 5.60 Å². The Balaban J connectivity index is 1.61. The number of ether oxygens (including phenoxy) is 1. The van der Waals surface area contributed by atoms with Gasteiger partial charge in [0, 0.05) is 34.9 Å². The first-order valence-electron chi connectivity index (χ1n) is 12.2. The van der Waals surface area contributed by atoms with Gasteiger partial charge in [-0.25, -0.2) is 0 Å². The molecule has 2 N–H and O–H groups in total. The lowest BCUT2D eigenvalue weighted by atomic mass is 9.83. The predicted octanol–water partition coefficient (Wildman–Crippen LogP) is 7.12. The second-order valence-corrected chi connectivity index (χ2v) is 9.99. The number of halogens is 1. The summed E-state index contributed by atoms with van der Waals surface area (Å²) in [6.45, 7) is 13.2. The molecule has 1 aromatic carbocycles. The lowest BCUT2D eigenvalue weighted by Crippen LogP contribution is -2.47. The van der Waals surface area contributed by atoms with Crippen LogP contribution in [0.3, 0.4) is 0 Å². The third kappa shape index (κ3) is 6.55. The van der Waals surface area contributed by atoms with Crippen molar-refractivity contribution in [2.24, 2.45) is 0 Å². The van der Waals surface area contributed by atoms with Crippen LogP contribution in [-0.4, -0.2) is 41.2 Å². The highest BCUT2D eigenvalue weighted by Gasteiger charge is 2.37. The number of carbonyl (C=O) groups excluding carboxylic acids is 1. The number of likely N-dealkylation sites (tertiary alicyclic amines) is 1. The molecule has 2 aliphatic rings. The molecule has 1 aromatic rings. The van der Waals surface area contributed by atoms with Gasteiger partial charge in [0.1, 0.15) is 5.76 Å². The van der Waals surface area contributed by atoms with Gasteiger partial charge in [-0.15, -0.1) is 0 Å². The van der Waals surface area contributed by atoms with Crippen molar-refractivity contribution in [2.45, 2.75) is 45.1 Å². The fourth-order valence-electron chi connectivity index (χ4n) is 4.38. The summed E-state index contributed by atoms with van der Waals surface area (Å²) in [6, 6.07) is 7.44. The van der Waals surface area contributed by atoms with Gasteiger partial charge in [-0.2, -0.15) is 0 Å². The van der Waals surface area contributed by atoms with Crippen molar-refractivity contribution < 1.29 is 14.6 Å². The van der Waals surface area contributed by atoms with Gasteiger partial charge < -0.3 is 19.5 Å². The molecule has 0 atom stereocenters. The summed E-state index contributed by atoms with van der Waals surface area (Å²) < 4.78 is 9.24. The first-order valence-corrected chi connectivity index (χ1v) is 13.4.